The molecule has 0 spiro atoms. The van der Waals surface area contributed by atoms with Crippen molar-refractivity contribution < 1.29 is 5.21 Å². The van der Waals surface area contributed by atoms with E-state index in [0.717, 1.165) is 17.7 Å². The van der Waals surface area contributed by atoms with Crippen LogP contribution in [-0.2, 0) is 0 Å². The fourth-order valence-corrected chi connectivity index (χ4v) is 2.04. The van der Waals surface area contributed by atoms with Crippen molar-refractivity contribution in [1.29, 1.82) is 0 Å². The third kappa shape index (κ3) is 2.98. The van der Waals surface area contributed by atoms with E-state index < -0.39 is 0 Å². The molecule has 0 aliphatic rings. The molecule has 0 aliphatic heterocycles. The molecule has 1 N–H and O–H groups in total. The maximum absolute atomic E-state index is 9.16. The first-order chi connectivity index (χ1) is 8.81. The topological polar surface area (TPSA) is 32.6 Å². The minimum Gasteiger partial charge on any atom is -0.411 e. The molecule has 0 aromatic heterocycles. The Balaban J connectivity index is 2.13. The lowest BCUT2D eigenvalue weighted by Crippen LogP contribution is -2.06. The van der Waals surface area contributed by atoms with Gasteiger partial charge in [0.25, 0.3) is 0 Å². The van der Waals surface area contributed by atoms with Crippen LogP contribution in [-0.4, -0.2) is 10.9 Å². The van der Waals surface area contributed by atoms with Gasteiger partial charge in [-0.3, -0.25) is 0 Å². The van der Waals surface area contributed by atoms with Gasteiger partial charge in [-0.1, -0.05) is 72.7 Å². The van der Waals surface area contributed by atoms with Crippen molar-refractivity contribution in [2.24, 2.45) is 5.16 Å². The lowest BCUT2D eigenvalue weighted by atomic mass is 9.93. The van der Waals surface area contributed by atoms with E-state index in [9.17, 15) is 0 Å². The van der Waals surface area contributed by atoms with Gasteiger partial charge in [0.15, 0.2) is 0 Å². The Kier molecular flexibility index (Phi) is 4.13. The summed E-state index contributed by atoms with van der Waals surface area (Å²) >= 11 is 0. The van der Waals surface area contributed by atoms with Gasteiger partial charge >= 0.3 is 0 Å². The zero-order chi connectivity index (χ0) is 12.8. The third-order valence-corrected chi connectivity index (χ3v) is 3.10. The van der Waals surface area contributed by atoms with Gasteiger partial charge in [-0.05, 0) is 17.0 Å². The zero-order valence-corrected chi connectivity index (χ0v) is 10.5. The van der Waals surface area contributed by atoms with Crippen LogP contribution in [0.15, 0.2) is 65.8 Å². The average molecular weight is 239 g/mol. The predicted molar refractivity (Wildman–Crippen MR) is 74.2 cm³/mol. The summed E-state index contributed by atoms with van der Waals surface area (Å²) in [6.07, 6.45) is 0.727. The van der Waals surface area contributed by atoms with E-state index in [2.05, 4.69) is 24.2 Å². The fraction of sp³-hybridized carbons (Fsp3) is 0.188. The standard InChI is InChI=1S/C16H17NO/c1-13(14-8-4-2-5-9-14)12-16(17-18)15-10-6-3-7-11-15/h2-11,13,18H,12H2,1H3/b17-16-/t13-/m1/s1. The summed E-state index contributed by atoms with van der Waals surface area (Å²) in [4.78, 5) is 0. The van der Waals surface area contributed by atoms with E-state index in [4.69, 9.17) is 5.21 Å². The fourth-order valence-electron chi connectivity index (χ4n) is 2.04. The minimum atomic E-state index is 0.331. The molecule has 0 unspecified atom stereocenters. The van der Waals surface area contributed by atoms with Crippen LogP contribution in [0.3, 0.4) is 0 Å². The van der Waals surface area contributed by atoms with Crippen LogP contribution in [0.2, 0.25) is 0 Å². The summed E-state index contributed by atoms with van der Waals surface area (Å²) in [7, 11) is 0. The molecule has 2 nitrogen and oxygen atoms in total. The maximum atomic E-state index is 9.16. The Morgan fingerprint density at radius 1 is 1.00 bits per heavy atom. The molecule has 2 heteroatoms. The highest BCUT2D eigenvalue weighted by atomic mass is 16.4. The number of rotatable bonds is 4. The largest absolute Gasteiger partial charge is 0.411 e. The molecule has 0 fully saturated rings. The SMILES string of the molecule is C[C@H](C/C(=N/O)c1ccccc1)c1ccccc1. The molecule has 0 saturated carbocycles. The van der Waals surface area contributed by atoms with Gasteiger partial charge in [-0.25, -0.2) is 0 Å². The van der Waals surface area contributed by atoms with Crippen LogP contribution in [0.25, 0.3) is 0 Å². The molecule has 0 radical (unpaired) electrons. The van der Waals surface area contributed by atoms with Crippen molar-refractivity contribution in [2.45, 2.75) is 19.3 Å². The Hall–Kier alpha value is -2.09. The van der Waals surface area contributed by atoms with E-state index in [0.29, 0.717) is 5.92 Å². The van der Waals surface area contributed by atoms with E-state index >= 15 is 0 Å². The van der Waals surface area contributed by atoms with Crippen LogP contribution in [0.5, 0.6) is 0 Å². The van der Waals surface area contributed by atoms with E-state index in [1.807, 2.05) is 48.5 Å². The molecular weight excluding hydrogens is 222 g/mol. The number of benzene rings is 2. The Morgan fingerprint density at radius 3 is 2.11 bits per heavy atom. The van der Waals surface area contributed by atoms with E-state index in [-0.39, 0.29) is 0 Å². The van der Waals surface area contributed by atoms with Crippen molar-refractivity contribution in [3.8, 4) is 0 Å². The van der Waals surface area contributed by atoms with Gasteiger partial charge in [-0.2, -0.15) is 0 Å². The number of hydrogen-bond donors (Lipinski definition) is 1. The number of oxime groups is 1. The molecule has 92 valence electrons. The Labute approximate surface area is 108 Å². The molecular formula is C16H17NO. The van der Waals surface area contributed by atoms with Crippen molar-refractivity contribution in [3.05, 3.63) is 71.8 Å². The van der Waals surface area contributed by atoms with Crippen molar-refractivity contribution in [3.63, 3.8) is 0 Å². The summed E-state index contributed by atoms with van der Waals surface area (Å²) in [5.74, 6) is 0.331. The first-order valence-electron chi connectivity index (χ1n) is 6.12. The quantitative estimate of drug-likeness (QED) is 0.487. The van der Waals surface area contributed by atoms with Gasteiger partial charge in [0.1, 0.15) is 0 Å². The number of hydrogen-bond acceptors (Lipinski definition) is 2. The summed E-state index contributed by atoms with van der Waals surface area (Å²) < 4.78 is 0. The van der Waals surface area contributed by atoms with Crippen LogP contribution < -0.4 is 0 Å². The summed E-state index contributed by atoms with van der Waals surface area (Å²) in [6.45, 7) is 2.14. The first-order valence-corrected chi connectivity index (χ1v) is 6.12. The second kappa shape index (κ2) is 6.01. The van der Waals surface area contributed by atoms with Crippen LogP contribution in [0.4, 0.5) is 0 Å². The van der Waals surface area contributed by atoms with Crippen molar-refractivity contribution in [1.82, 2.24) is 0 Å². The maximum Gasteiger partial charge on any atom is 0.0873 e. The second-order valence-corrected chi connectivity index (χ2v) is 4.43. The zero-order valence-electron chi connectivity index (χ0n) is 10.5. The van der Waals surface area contributed by atoms with Crippen LogP contribution >= 0.6 is 0 Å². The molecule has 1 atom stereocenters. The first kappa shape index (κ1) is 12.4. The smallest absolute Gasteiger partial charge is 0.0873 e. The Bertz CT molecular complexity index is 505. The minimum absolute atomic E-state index is 0.331. The Morgan fingerprint density at radius 2 is 1.56 bits per heavy atom. The molecule has 2 aromatic rings. The lowest BCUT2D eigenvalue weighted by Gasteiger charge is -2.12. The molecule has 0 bridgehead atoms. The molecule has 2 aromatic carbocycles. The van der Waals surface area contributed by atoms with Gasteiger partial charge in [0.2, 0.25) is 0 Å². The third-order valence-electron chi connectivity index (χ3n) is 3.10. The molecule has 2 rings (SSSR count). The van der Waals surface area contributed by atoms with E-state index in [1.165, 1.54) is 5.56 Å². The van der Waals surface area contributed by atoms with Crippen LogP contribution in [0, 0.1) is 0 Å². The monoisotopic (exact) mass is 239 g/mol. The van der Waals surface area contributed by atoms with E-state index in [1.54, 1.807) is 0 Å². The van der Waals surface area contributed by atoms with Crippen LogP contribution in [0.1, 0.15) is 30.4 Å². The summed E-state index contributed by atoms with van der Waals surface area (Å²) in [5.41, 5.74) is 2.96. The van der Waals surface area contributed by atoms with Gasteiger partial charge in [-0.15, -0.1) is 0 Å². The second-order valence-electron chi connectivity index (χ2n) is 4.43. The normalized spacial score (nSPS) is 13.3. The molecule has 0 aliphatic carbocycles. The summed E-state index contributed by atoms with van der Waals surface area (Å²) in [5, 5.41) is 12.6. The molecule has 18 heavy (non-hydrogen) atoms. The predicted octanol–water partition coefficient (Wildman–Crippen LogP) is 4.06. The molecule has 0 amide bonds. The lowest BCUT2D eigenvalue weighted by molar-refractivity contribution is 0.317. The average Bonchev–Trinajstić information content (AvgIpc) is 2.46. The summed E-state index contributed by atoms with van der Waals surface area (Å²) in [6, 6.07) is 20.1. The highest BCUT2D eigenvalue weighted by Crippen LogP contribution is 2.21. The van der Waals surface area contributed by atoms with Gasteiger partial charge in [0, 0.05) is 6.42 Å². The highest BCUT2D eigenvalue weighted by molar-refractivity contribution is 6.00. The van der Waals surface area contributed by atoms with Crippen molar-refractivity contribution in [2.75, 3.05) is 0 Å². The highest BCUT2D eigenvalue weighted by Gasteiger charge is 2.11. The molecule has 0 heterocycles. The molecule has 0 saturated heterocycles. The van der Waals surface area contributed by atoms with Crippen molar-refractivity contribution >= 4 is 5.71 Å². The number of nitrogens with zero attached hydrogens (tertiary/aromatic N) is 1. The van der Waals surface area contributed by atoms with Gasteiger partial charge in [0.05, 0.1) is 5.71 Å². The van der Waals surface area contributed by atoms with Gasteiger partial charge < -0.3 is 5.21 Å².